The average Bonchev–Trinajstić information content (AvgIpc) is 3.12. The topological polar surface area (TPSA) is 114 Å². The normalized spacial score (nSPS) is 39.1. The van der Waals surface area contributed by atoms with E-state index in [1.54, 1.807) is 6.92 Å². The number of H-pyrrole nitrogens is 1. The fraction of sp³-hybridized carbons (Fsp3) is 0.692. The van der Waals surface area contributed by atoms with Crippen molar-refractivity contribution in [2.45, 2.75) is 49.4 Å². The van der Waals surface area contributed by atoms with Crippen LogP contribution in [0.2, 0.25) is 0 Å². The minimum Gasteiger partial charge on any atom is -0.393 e. The fourth-order valence-corrected chi connectivity index (χ4v) is 3.55. The Labute approximate surface area is 118 Å². The number of aromatic nitrogens is 2. The van der Waals surface area contributed by atoms with Crippen LogP contribution in [0.4, 0.5) is 0 Å². The number of nitrogens with zero attached hydrogens (tertiary/aromatic N) is 1. The molecule has 1 aliphatic carbocycles. The third kappa shape index (κ3) is 1.43. The first-order valence-electron chi connectivity index (χ1n) is 6.91. The zero-order valence-electron chi connectivity index (χ0n) is 11.4. The Hall–Kier alpha value is -1.48. The van der Waals surface area contributed by atoms with Gasteiger partial charge in [-0.25, -0.2) is 4.79 Å². The molecule has 3 N–H and O–H groups in total. The smallest absolute Gasteiger partial charge is 0.330 e. The van der Waals surface area contributed by atoms with E-state index in [2.05, 4.69) is 4.98 Å². The summed E-state index contributed by atoms with van der Waals surface area (Å²) in [5.74, 6) is 0. The van der Waals surface area contributed by atoms with E-state index in [0.29, 0.717) is 18.4 Å². The van der Waals surface area contributed by atoms with Gasteiger partial charge in [0.15, 0.2) is 11.8 Å². The Kier molecular flexibility index (Phi) is 2.41. The van der Waals surface area contributed by atoms with Gasteiger partial charge >= 0.3 is 5.69 Å². The molecular weight excluding hydrogens is 280 g/mol. The summed E-state index contributed by atoms with van der Waals surface area (Å²) in [5, 5.41) is 20.1. The molecule has 1 aromatic heterocycles. The van der Waals surface area contributed by atoms with Crippen molar-refractivity contribution in [1.82, 2.24) is 9.55 Å². The molecule has 2 bridgehead atoms. The predicted molar refractivity (Wildman–Crippen MR) is 68.8 cm³/mol. The maximum Gasteiger partial charge on any atom is 0.330 e. The highest BCUT2D eigenvalue weighted by molar-refractivity contribution is 5.25. The first kappa shape index (κ1) is 13.2. The van der Waals surface area contributed by atoms with Gasteiger partial charge < -0.3 is 19.7 Å². The van der Waals surface area contributed by atoms with Crippen molar-refractivity contribution in [2.75, 3.05) is 6.61 Å². The lowest BCUT2D eigenvalue weighted by Gasteiger charge is -2.36. The standard InChI is InChI=1S/C13H16N2O6/c1-6-4-15(11(19)14-9(6)18)10-7-8(17)13(5-16,21-10)12(20-7)2-3-12/h4,7-8,10,16-17H,2-3,5H2,1H3,(H,14,18,19)/t7-,8+,10+,13+/m0/s1. The second kappa shape index (κ2) is 3.83. The number of rotatable bonds is 2. The number of aromatic amines is 1. The van der Waals surface area contributed by atoms with Crippen LogP contribution in [0.25, 0.3) is 0 Å². The number of fused-ring (bicyclic) bond motifs is 3. The van der Waals surface area contributed by atoms with Gasteiger partial charge in [0.25, 0.3) is 5.56 Å². The number of aryl methyl sites for hydroxylation is 1. The van der Waals surface area contributed by atoms with Gasteiger partial charge in [0.05, 0.1) is 6.61 Å². The molecule has 114 valence electrons. The van der Waals surface area contributed by atoms with Crippen LogP contribution in [0.5, 0.6) is 0 Å². The van der Waals surface area contributed by atoms with Crippen LogP contribution < -0.4 is 11.2 Å². The lowest BCUT2D eigenvalue weighted by atomic mass is 9.91. The summed E-state index contributed by atoms with van der Waals surface area (Å²) in [6, 6.07) is 0. The largest absolute Gasteiger partial charge is 0.393 e. The Bertz CT molecular complexity index is 720. The predicted octanol–water partition coefficient (Wildman–Crippen LogP) is -1.60. The van der Waals surface area contributed by atoms with Crippen LogP contribution in [0, 0.1) is 6.92 Å². The Morgan fingerprint density at radius 3 is 2.76 bits per heavy atom. The summed E-state index contributed by atoms with van der Waals surface area (Å²) in [4.78, 5) is 25.6. The van der Waals surface area contributed by atoms with Crippen molar-refractivity contribution in [3.8, 4) is 0 Å². The van der Waals surface area contributed by atoms with E-state index in [-0.39, 0.29) is 6.61 Å². The van der Waals surface area contributed by atoms with Gasteiger partial charge in [0, 0.05) is 11.8 Å². The Morgan fingerprint density at radius 1 is 1.43 bits per heavy atom. The van der Waals surface area contributed by atoms with Crippen molar-refractivity contribution in [2.24, 2.45) is 0 Å². The van der Waals surface area contributed by atoms with E-state index in [1.807, 2.05) is 0 Å². The summed E-state index contributed by atoms with van der Waals surface area (Å²) < 4.78 is 12.9. The van der Waals surface area contributed by atoms with Crippen LogP contribution in [0.1, 0.15) is 24.6 Å². The molecule has 0 aromatic carbocycles. The van der Waals surface area contributed by atoms with E-state index in [0.717, 1.165) is 0 Å². The summed E-state index contributed by atoms with van der Waals surface area (Å²) in [6.45, 7) is 1.20. The highest BCUT2D eigenvalue weighted by Crippen LogP contribution is 2.63. The highest BCUT2D eigenvalue weighted by atomic mass is 16.7. The van der Waals surface area contributed by atoms with Crippen LogP contribution in [0.15, 0.2) is 15.8 Å². The van der Waals surface area contributed by atoms with E-state index in [1.165, 1.54) is 10.8 Å². The van der Waals surface area contributed by atoms with Crippen molar-refractivity contribution in [1.29, 1.82) is 0 Å². The maximum absolute atomic E-state index is 12.0. The Morgan fingerprint density at radius 2 is 2.14 bits per heavy atom. The quantitative estimate of drug-likeness (QED) is 0.605. The molecule has 1 saturated carbocycles. The second-order valence-electron chi connectivity index (χ2n) is 6.06. The van der Waals surface area contributed by atoms with Crippen molar-refractivity contribution < 1.29 is 19.7 Å². The molecule has 4 atom stereocenters. The number of hydrogen-bond acceptors (Lipinski definition) is 6. The van der Waals surface area contributed by atoms with Gasteiger partial charge in [-0.05, 0) is 19.8 Å². The van der Waals surface area contributed by atoms with Gasteiger partial charge in [0.2, 0.25) is 0 Å². The molecule has 1 aromatic rings. The fourth-order valence-electron chi connectivity index (χ4n) is 3.55. The minimum atomic E-state index is -1.19. The highest BCUT2D eigenvalue weighted by Gasteiger charge is 2.78. The first-order chi connectivity index (χ1) is 9.94. The molecule has 21 heavy (non-hydrogen) atoms. The van der Waals surface area contributed by atoms with Crippen molar-refractivity contribution in [3.63, 3.8) is 0 Å². The van der Waals surface area contributed by atoms with E-state index in [9.17, 15) is 19.8 Å². The van der Waals surface area contributed by atoms with E-state index < -0.39 is 40.9 Å². The van der Waals surface area contributed by atoms with Crippen molar-refractivity contribution in [3.05, 3.63) is 32.6 Å². The zero-order valence-corrected chi connectivity index (χ0v) is 11.4. The second-order valence-corrected chi connectivity index (χ2v) is 6.06. The maximum atomic E-state index is 12.0. The minimum absolute atomic E-state index is 0.356. The third-order valence-corrected chi connectivity index (χ3v) is 4.89. The molecule has 3 aliphatic rings. The number of aliphatic hydroxyl groups is 2. The zero-order chi connectivity index (χ0) is 15.0. The molecule has 0 unspecified atom stereocenters. The Balaban J connectivity index is 1.79. The number of ether oxygens (including phenoxy) is 2. The van der Waals surface area contributed by atoms with Gasteiger partial charge in [0.1, 0.15) is 17.8 Å². The lowest BCUT2D eigenvalue weighted by molar-refractivity contribution is -0.235. The third-order valence-electron chi connectivity index (χ3n) is 4.89. The van der Waals surface area contributed by atoms with Gasteiger partial charge in [-0.3, -0.25) is 14.3 Å². The molecule has 0 amide bonds. The van der Waals surface area contributed by atoms with Crippen molar-refractivity contribution >= 4 is 0 Å². The number of hydrogen-bond donors (Lipinski definition) is 3. The summed E-state index contributed by atoms with van der Waals surface area (Å²) in [6.07, 6.45) is 0.215. The molecular formula is C13H16N2O6. The van der Waals surface area contributed by atoms with Crippen LogP contribution in [-0.2, 0) is 9.47 Å². The van der Waals surface area contributed by atoms with Crippen LogP contribution >= 0.6 is 0 Å². The van der Waals surface area contributed by atoms with Crippen LogP contribution in [-0.4, -0.2) is 49.8 Å². The average molecular weight is 296 g/mol. The molecule has 0 radical (unpaired) electrons. The summed E-state index contributed by atoms with van der Waals surface area (Å²) in [5.41, 5.74) is -2.56. The van der Waals surface area contributed by atoms with E-state index >= 15 is 0 Å². The molecule has 3 heterocycles. The summed E-state index contributed by atoms with van der Waals surface area (Å²) >= 11 is 0. The molecule has 8 heteroatoms. The molecule has 2 saturated heterocycles. The molecule has 8 nitrogen and oxygen atoms in total. The van der Waals surface area contributed by atoms with Gasteiger partial charge in [-0.15, -0.1) is 0 Å². The van der Waals surface area contributed by atoms with Crippen LogP contribution in [0.3, 0.4) is 0 Å². The molecule has 2 aliphatic heterocycles. The van der Waals surface area contributed by atoms with Gasteiger partial charge in [-0.2, -0.15) is 0 Å². The summed E-state index contributed by atoms with van der Waals surface area (Å²) in [7, 11) is 0. The lowest BCUT2D eigenvalue weighted by Crippen LogP contribution is -2.53. The van der Waals surface area contributed by atoms with Gasteiger partial charge in [-0.1, -0.05) is 0 Å². The number of nitrogens with one attached hydrogen (secondary N) is 1. The molecule has 3 fully saturated rings. The molecule has 1 spiro atoms. The first-order valence-corrected chi connectivity index (χ1v) is 6.91. The molecule has 4 rings (SSSR count). The SMILES string of the molecule is Cc1cn([C@@H]2O[C@]3(CO)[C@H](O)[C@@H]2OC32CC2)c(=O)[nH]c1=O. The number of aliphatic hydroxyl groups excluding tert-OH is 2. The van der Waals surface area contributed by atoms with E-state index in [4.69, 9.17) is 9.47 Å². The monoisotopic (exact) mass is 296 g/mol.